The zero-order valence-electron chi connectivity index (χ0n) is 19.9. The quantitative estimate of drug-likeness (QED) is 0.674. The zero-order valence-corrected chi connectivity index (χ0v) is 20.7. The standard InChI is InChI=1S/C25H31N3O5S/c1-5-25(30)27(4)15-23-17(2)14-28(18(3)16-29)34(31,32)24-10-9-21(12-22(24)33-23)20-8-6-7-19(11-20)13-26/h6-12,17-18,23,29H,5,14-16H2,1-4H3/t17-,18-,23+/m1/s1. The Morgan fingerprint density at radius 2 is 2.00 bits per heavy atom. The van der Waals surface area contributed by atoms with Crippen LogP contribution in [0, 0.1) is 17.2 Å². The first-order valence-corrected chi connectivity index (χ1v) is 12.7. The molecule has 0 unspecified atom stereocenters. The predicted molar refractivity (Wildman–Crippen MR) is 129 cm³/mol. The lowest BCUT2D eigenvalue weighted by molar-refractivity contribution is -0.131. The molecule has 1 amide bonds. The second-order valence-electron chi connectivity index (χ2n) is 8.72. The fraction of sp³-hybridized carbons (Fsp3) is 0.440. The first-order valence-electron chi connectivity index (χ1n) is 11.3. The van der Waals surface area contributed by atoms with E-state index in [1.54, 1.807) is 56.1 Å². The van der Waals surface area contributed by atoms with E-state index in [1.165, 1.54) is 10.4 Å². The molecule has 3 atom stereocenters. The number of aliphatic hydroxyl groups excluding tert-OH is 1. The average molecular weight is 486 g/mol. The highest BCUT2D eigenvalue weighted by Crippen LogP contribution is 2.36. The fourth-order valence-electron chi connectivity index (χ4n) is 4.03. The number of ether oxygens (including phenoxy) is 1. The van der Waals surface area contributed by atoms with Gasteiger partial charge in [-0.05, 0) is 42.3 Å². The molecule has 1 aliphatic heterocycles. The largest absolute Gasteiger partial charge is 0.487 e. The number of benzene rings is 2. The first-order chi connectivity index (χ1) is 16.1. The molecular weight excluding hydrogens is 454 g/mol. The average Bonchev–Trinajstić information content (AvgIpc) is 2.84. The van der Waals surface area contributed by atoms with Crippen molar-refractivity contribution in [1.29, 1.82) is 5.26 Å². The summed E-state index contributed by atoms with van der Waals surface area (Å²) in [6, 6.07) is 13.4. The van der Waals surface area contributed by atoms with E-state index in [2.05, 4.69) is 6.07 Å². The van der Waals surface area contributed by atoms with Gasteiger partial charge in [0.2, 0.25) is 15.9 Å². The summed E-state index contributed by atoms with van der Waals surface area (Å²) in [5.74, 6) is -0.105. The van der Waals surface area contributed by atoms with Gasteiger partial charge in [-0.1, -0.05) is 32.0 Å². The van der Waals surface area contributed by atoms with Gasteiger partial charge in [0, 0.05) is 32.0 Å². The molecule has 2 aromatic carbocycles. The van der Waals surface area contributed by atoms with Crippen LogP contribution in [0.25, 0.3) is 11.1 Å². The van der Waals surface area contributed by atoms with Crippen molar-refractivity contribution in [3.63, 3.8) is 0 Å². The van der Waals surface area contributed by atoms with E-state index in [0.717, 1.165) is 5.56 Å². The van der Waals surface area contributed by atoms with Crippen LogP contribution < -0.4 is 4.74 Å². The number of carbonyl (C=O) groups excluding carboxylic acids is 1. The molecule has 0 saturated carbocycles. The van der Waals surface area contributed by atoms with E-state index in [-0.39, 0.29) is 35.6 Å². The molecule has 0 aromatic heterocycles. The highest BCUT2D eigenvalue weighted by molar-refractivity contribution is 7.89. The van der Waals surface area contributed by atoms with Crippen LogP contribution >= 0.6 is 0 Å². The molecule has 182 valence electrons. The maximum atomic E-state index is 13.6. The van der Waals surface area contributed by atoms with Crippen LogP contribution in [-0.2, 0) is 14.8 Å². The third-order valence-electron chi connectivity index (χ3n) is 6.17. The van der Waals surface area contributed by atoms with Crippen LogP contribution in [0.5, 0.6) is 5.75 Å². The van der Waals surface area contributed by atoms with Gasteiger partial charge in [-0.2, -0.15) is 9.57 Å². The minimum Gasteiger partial charge on any atom is -0.487 e. The monoisotopic (exact) mass is 485 g/mol. The molecule has 0 saturated heterocycles. The molecule has 1 N–H and O–H groups in total. The van der Waals surface area contributed by atoms with Crippen molar-refractivity contribution >= 4 is 15.9 Å². The number of hydrogen-bond donors (Lipinski definition) is 1. The van der Waals surface area contributed by atoms with Crippen molar-refractivity contribution in [3.05, 3.63) is 48.0 Å². The molecule has 1 aliphatic rings. The summed E-state index contributed by atoms with van der Waals surface area (Å²) in [6.45, 7) is 5.45. The van der Waals surface area contributed by atoms with Gasteiger partial charge in [0.05, 0.1) is 24.8 Å². The number of rotatable bonds is 6. The van der Waals surface area contributed by atoms with Gasteiger partial charge in [-0.25, -0.2) is 8.42 Å². The SMILES string of the molecule is CCC(=O)N(C)C[C@@H]1Oc2cc(-c3cccc(C#N)c3)ccc2S(=O)(=O)N([C@H](C)CO)C[C@H]1C. The molecular formula is C25H31N3O5S. The molecule has 8 nitrogen and oxygen atoms in total. The summed E-state index contributed by atoms with van der Waals surface area (Å²) in [6.07, 6.45) is -0.112. The van der Waals surface area contributed by atoms with E-state index in [1.807, 2.05) is 13.0 Å². The van der Waals surface area contributed by atoms with E-state index in [9.17, 15) is 23.6 Å². The Hall–Kier alpha value is -2.93. The zero-order chi connectivity index (χ0) is 25.0. The van der Waals surface area contributed by atoms with Crippen LogP contribution in [0.4, 0.5) is 0 Å². The number of nitriles is 1. The lowest BCUT2D eigenvalue weighted by Gasteiger charge is -2.37. The van der Waals surface area contributed by atoms with Crippen LogP contribution in [0.1, 0.15) is 32.8 Å². The lowest BCUT2D eigenvalue weighted by Crippen LogP contribution is -2.50. The fourth-order valence-corrected chi connectivity index (χ4v) is 5.86. The summed E-state index contributed by atoms with van der Waals surface area (Å²) in [5.41, 5.74) is 1.96. The minimum absolute atomic E-state index is 0.00867. The maximum Gasteiger partial charge on any atom is 0.247 e. The smallest absolute Gasteiger partial charge is 0.247 e. The van der Waals surface area contributed by atoms with Crippen molar-refractivity contribution in [2.45, 2.75) is 44.2 Å². The summed E-state index contributed by atoms with van der Waals surface area (Å²) < 4.78 is 34.8. The number of fused-ring (bicyclic) bond motifs is 1. The van der Waals surface area contributed by atoms with Crippen LogP contribution in [0.3, 0.4) is 0 Å². The number of aliphatic hydroxyl groups is 1. The molecule has 2 aromatic rings. The van der Waals surface area contributed by atoms with E-state index < -0.39 is 22.2 Å². The van der Waals surface area contributed by atoms with Crippen molar-refractivity contribution < 1.29 is 23.1 Å². The van der Waals surface area contributed by atoms with Crippen molar-refractivity contribution in [1.82, 2.24) is 9.21 Å². The van der Waals surface area contributed by atoms with E-state index in [0.29, 0.717) is 24.1 Å². The normalized spacial score (nSPS) is 20.7. The van der Waals surface area contributed by atoms with Gasteiger partial charge < -0.3 is 14.7 Å². The minimum atomic E-state index is -3.96. The Labute approximate surface area is 201 Å². The summed E-state index contributed by atoms with van der Waals surface area (Å²) >= 11 is 0. The number of hydrogen-bond acceptors (Lipinski definition) is 6. The van der Waals surface area contributed by atoms with E-state index in [4.69, 9.17) is 4.74 Å². The number of sulfonamides is 1. The molecule has 0 aliphatic carbocycles. The van der Waals surface area contributed by atoms with Crippen molar-refractivity contribution in [2.75, 3.05) is 26.7 Å². The van der Waals surface area contributed by atoms with Gasteiger partial charge in [0.15, 0.2) is 0 Å². The van der Waals surface area contributed by atoms with Gasteiger partial charge in [0.1, 0.15) is 16.7 Å². The summed E-state index contributed by atoms with van der Waals surface area (Å²) in [7, 11) is -2.25. The Bertz CT molecular complexity index is 1190. The van der Waals surface area contributed by atoms with Crippen LogP contribution in [0.2, 0.25) is 0 Å². The van der Waals surface area contributed by atoms with Gasteiger partial charge >= 0.3 is 0 Å². The summed E-state index contributed by atoms with van der Waals surface area (Å²) in [4.78, 5) is 13.8. The number of carbonyl (C=O) groups is 1. The molecule has 34 heavy (non-hydrogen) atoms. The van der Waals surface area contributed by atoms with Gasteiger partial charge in [-0.3, -0.25) is 4.79 Å². The van der Waals surface area contributed by atoms with Crippen molar-refractivity contribution in [2.24, 2.45) is 5.92 Å². The highest BCUT2D eigenvalue weighted by atomic mass is 32.2. The molecule has 0 bridgehead atoms. The Morgan fingerprint density at radius 3 is 2.65 bits per heavy atom. The Balaban J connectivity index is 2.13. The third kappa shape index (κ3) is 5.25. The van der Waals surface area contributed by atoms with Crippen LogP contribution in [-0.4, -0.2) is 67.5 Å². The van der Waals surface area contributed by atoms with E-state index >= 15 is 0 Å². The summed E-state index contributed by atoms with van der Waals surface area (Å²) in [5, 5.41) is 19.0. The second kappa shape index (κ2) is 10.6. The number of likely N-dealkylation sites (N-methyl/N-ethyl adjacent to an activating group) is 1. The highest BCUT2D eigenvalue weighted by Gasteiger charge is 2.38. The topological polar surface area (TPSA) is 111 Å². The lowest BCUT2D eigenvalue weighted by atomic mass is 10.0. The number of nitrogens with zero attached hydrogens (tertiary/aromatic N) is 3. The van der Waals surface area contributed by atoms with Crippen LogP contribution in [0.15, 0.2) is 47.4 Å². The Morgan fingerprint density at radius 1 is 1.29 bits per heavy atom. The van der Waals surface area contributed by atoms with Crippen molar-refractivity contribution in [3.8, 4) is 22.9 Å². The predicted octanol–water partition coefficient (Wildman–Crippen LogP) is 2.86. The van der Waals surface area contributed by atoms with Gasteiger partial charge in [-0.15, -0.1) is 0 Å². The molecule has 3 rings (SSSR count). The second-order valence-corrected chi connectivity index (χ2v) is 10.6. The van der Waals surface area contributed by atoms with Gasteiger partial charge in [0.25, 0.3) is 0 Å². The molecule has 0 spiro atoms. The Kier molecular flexibility index (Phi) is 7.97. The number of amides is 1. The third-order valence-corrected chi connectivity index (χ3v) is 8.19. The maximum absolute atomic E-state index is 13.6. The molecule has 0 fully saturated rings. The molecule has 0 radical (unpaired) electrons. The first kappa shape index (κ1) is 25.7. The molecule has 9 heteroatoms. The molecule has 1 heterocycles.